The zero-order valence-corrected chi connectivity index (χ0v) is 13.5. The zero-order valence-electron chi connectivity index (χ0n) is 13.5. The number of nitrogens with zero attached hydrogens (tertiary/aromatic N) is 3. The van der Waals surface area contributed by atoms with E-state index >= 15 is 0 Å². The van der Waals surface area contributed by atoms with E-state index in [1.54, 1.807) is 6.20 Å². The van der Waals surface area contributed by atoms with Crippen LogP contribution in [0.3, 0.4) is 0 Å². The van der Waals surface area contributed by atoms with Gasteiger partial charge in [0.15, 0.2) is 0 Å². The lowest BCUT2D eigenvalue weighted by molar-refractivity contribution is 0.0923. The SMILES string of the molecule is O=C(NC[C@H](c1cccnc1)N1CCCCC1)c1cncc(F)c1. The van der Waals surface area contributed by atoms with Crippen LogP contribution in [-0.2, 0) is 0 Å². The van der Waals surface area contributed by atoms with Gasteiger partial charge in [0.05, 0.1) is 17.8 Å². The van der Waals surface area contributed by atoms with Crippen molar-refractivity contribution in [3.63, 3.8) is 0 Å². The molecule has 2 aromatic heterocycles. The summed E-state index contributed by atoms with van der Waals surface area (Å²) >= 11 is 0. The third kappa shape index (κ3) is 4.14. The Labute approximate surface area is 140 Å². The molecule has 0 saturated carbocycles. The van der Waals surface area contributed by atoms with Crippen LogP contribution in [0.15, 0.2) is 43.0 Å². The fourth-order valence-electron chi connectivity index (χ4n) is 3.09. The number of amides is 1. The van der Waals surface area contributed by atoms with Gasteiger partial charge in [-0.3, -0.25) is 19.7 Å². The summed E-state index contributed by atoms with van der Waals surface area (Å²) in [5.74, 6) is -0.824. The van der Waals surface area contributed by atoms with Crippen LogP contribution in [0, 0.1) is 5.82 Å². The van der Waals surface area contributed by atoms with Crippen molar-refractivity contribution in [2.24, 2.45) is 0 Å². The molecule has 1 N–H and O–H groups in total. The number of rotatable bonds is 5. The molecule has 0 unspecified atom stereocenters. The highest BCUT2D eigenvalue weighted by Gasteiger charge is 2.23. The van der Waals surface area contributed by atoms with Crippen molar-refractivity contribution in [2.45, 2.75) is 25.3 Å². The molecule has 1 amide bonds. The molecule has 0 aliphatic carbocycles. The summed E-state index contributed by atoms with van der Waals surface area (Å²) in [7, 11) is 0. The van der Waals surface area contributed by atoms with Gasteiger partial charge < -0.3 is 5.32 Å². The number of piperidine rings is 1. The number of carbonyl (C=O) groups excluding carboxylic acids is 1. The van der Waals surface area contributed by atoms with E-state index < -0.39 is 5.82 Å². The molecule has 3 heterocycles. The number of nitrogens with one attached hydrogen (secondary N) is 1. The first-order chi connectivity index (χ1) is 11.7. The minimum atomic E-state index is -0.512. The highest BCUT2D eigenvalue weighted by molar-refractivity contribution is 5.93. The van der Waals surface area contributed by atoms with Crippen molar-refractivity contribution in [3.8, 4) is 0 Å². The predicted molar refractivity (Wildman–Crippen MR) is 88.9 cm³/mol. The first kappa shape index (κ1) is 16.5. The smallest absolute Gasteiger partial charge is 0.253 e. The van der Waals surface area contributed by atoms with Crippen LogP contribution < -0.4 is 5.32 Å². The Balaban J connectivity index is 1.71. The molecule has 0 spiro atoms. The van der Waals surface area contributed by atoms with E-state index in [4.69, 9.17) is 0 Å². The van der Waals surface area contributed by atoms with E-state index in [-0.39, 0.29) is 17.5 Å². The second-order valence-electron chi connectivity index (χ2n) is 6.00. The summed E-state index contributed by atoms with van der Waals surface area (Å²) in [6.45, 7) is 2.48. The van der Waals surface area contributed by atoms with Gasteiger partial charge in [-0.1, -0.05) is 12.5 Å². The molecule has 1 aliphatic heterocycles. The molecule has 1 saturated heterocycles. The third-order valence-corrected chi connectivity index (χ3v) is 4.32. The molecule has 24 heavy (non-hydrogen) atoms. The number of pyridine rings is 2. The summed E-state index contributed by atoms with van der Waals surface area (Å²) in [6, 6.07) is 5.21. The summed E-state index contributed by atoms with van der Waals surface area (Å²) < 4.78 is 13.2. The fourth-order valence-corrected chi connectivity index (χ4v) is 3.09. The Bertz CT molecular complexity index is 674. The van der Waals surface area contributed by atoms with Gasteiger partial charge in [0.25, 0.3) is 5.91 Å². The van der Waals surface area contributed by atoms with Crippen molar-refractivity contribution < 1.29 is 9.18 Å². The Morgan fingerprint density at radius 1 is 1.21 bits per heavy atom. The molecule has 2 aromatic rings. The molecule has 1 fully saturated rings. The van der Waals surface area contributed by atoms with E-state index in [9.17, 15) is 9.18 Å². The minimum absolute atomic E-state index is 0.0736. The van der Waals surface area contributed by atoms with Gasteiger partial charge in [0.2, 0.25) is 0 Å². The maximum absolute atomic E-state index is 13.2. The largest absolute Gasteiger partial charge is 0.350 e. The highest BCUT2D eigenvalue weighted by Crippen LogP contribution is 2.23. The van der Waals surface area contributed by atoms with Crippen LogP contribution in [0.1, 0.15) is 41.2 Å². The van der Waals surface area contributed by atoms with E-state index in [0.29, 0.717) is 6.54 Å². The average molecular weight is 328 g/mol. The molecule has 1 aliphatic rings. The quantitative estimate of drug-likeness (QED) is 0.916. The molecular formula is C18H21FN4O. The number of likely N-dealkylation sites (tertiary alicyclic amines) is 1. The molecule has 5 nitrogen and oxygen atoms in total. The molecular weight excluding hydrogens is 307 g/mol. The molecule has 0 bridgehead atoms. The number of hydrogen-bond donors (Lipinski definition) is 1. The van der Waals surface area contributed by atoms with E-state index in [1.807, 2.05) is 18.3 Å². The molecule has 3 rings (SSSR count). The van der Waals surface area contributed by atoms with Crippen LogP contribution in [-0.4, -0.2) is 40.4 Å². The molecule has 1 atom stereocenters. The van der Waals surface area contributed by atoms with Gasteiger partial charge >= 0.3 is 0 Å². The molecule has 0 radical (unpaired) electrons. The van der Waals surface area contributed by atoms with Gasteiger partial charge in [0, 0.05) is 25.1 Å². The normalized spacial score (nSPS) is 16.5. The van der Waals surface area contributed by atoms with Gasteiger partial charge in [-0.2, -0.15) is 0 Å². The minimum Gasteiger partial charge on any atom is -0.350 e. The average Bonchev–Trinajstić information content (AvgIpc) is 2.63. The van der Waals surface area contributed by atoms with Crippen molar-refractivity contribution in [1.82, 2.24) is 20.2 Å². The van der Waals surface area contributed by atoms with E-state index in [2.05, 4.69) is 20.2 Å². The number of aromatic nitrogens is 2. The molecule has 126 valence electrons. The summed E-state index contributed by atoms with van der Waals surface area (Å²) in [5.41, 5.74) is 1.32. The lowest BCUT2D eigenvalue weighted by Crippen LogP contribution is -2.40. The Morgan fingerprint density at radius 3 is 2.75 bits per heavy atom. The maximum Gasteiger partial charge on any atom is 0.253 e. The van der Waals surface area contributed by atoms with Crippen LogP contribution in [0.5, 0.6) is 0 Å². The van der Waals surface area contributed by atoms with E-state index in [1.165, 1.54) is 31.5 Å². The second-order valence-corrected chi connectivity index (χ2v) is 6.00. The second kappa shape index (κ2) is 7.97. The topological polar surface area (TPSA) is 58.1 Å². The standard InChI is InChI=1S/C18H21FN4O/c19-16-9-15(11-21-12-16)18(24)22-13-17(14-5-4-6-20-10-14)23-7-2-1-3-8-23/h4-6,9-12,17H,1-3,7-8,13H2,(H,22,24)/t17-/m1/s1. The van der Waals surface area contributed by atoms with Crippen LogP contribution in [0.4, 0.5) is 4.39 Å². The Morgan fingerprint density at radius 2 is 2.04 bits per heavy atom. The zero-order chi connectivity index (χ0) is 16.8. The van der Waals surface area contributed by atoms with Crippen molar-refractivity contribution in [3.05, 3.63) is 59.9 Å². The fraction of sp³-hybridized carbons (Fsp3) is 0.389. The number of hydrogen-bond acceptors (Lipinski definition) is 4. The lowest BCUT2D eigenvalue weighted by Gasteiger charge is -2.34. The van der Waals surface area contributed by atoms with Crippen molar-refractivity contribution in [1.29, 1.82) is 0 Å². The highest BCUT2D eigenvalue weighted by atomic mass is 19.1. The summed E-state index contributed by atoms with van der Waals surface area (Å²) in [6.07, 6.45) is 9.62. The third-order valence-electron chi connectivity index (χ3n) is 4.32. The summed E-state index contributed by atoms with van der Waals surface area (Å²) in [5, 5.41) is 2.91. The van der Waals surface area contributed by atoms with Gasteiger partial charge in [0.1, 0.15) is 5.82 Å². The van der Waals surface area contributed by atoms with Gasteiger partial charge in [-0.05, 0) is 43.6 Å². The van der Waals surface area contributed by atoms with Gasteiger partial charge in [-0.15, -0.1) is 0 Å². The van der Waals surface area contributed by atoms with Crippen LogP contribution >= 0.6 is 0 Å². The molecule has 6 heteroatoms. The lowest BCUT2D eigenvalue weighted by atomic mass is 10.0. The van der Waals surface area contributed by atoms with Crippen molar-refractivity contribution in [2.75, 3.05) is 19.6 Å². The first-order valence-corrected chi connectivity index (χ1v) is 8.27. The van der Waals surface area contributed by atoms with Crippen molar-refractivity contribution >= 4 is 5.91 Å². The Hall–Kier alpha value is -2.34. The van der Waals surface area contributed by atoms with E-state index in [0.717, 1.165) is 24.8 Å². The first-order valence-electron chi connectivity index (χ1n) is 8.27. The predicted octanol–water partition coefficient (Wildman–Crippen LogP) is 2.57. The Kier molecular flexibility index (Phi) is 5.48. The number of carbonyl (C=O) groups is 1. The monoisotopic (exact) mass is 328 g/mol. The van der Waals surface area contributed by atoms with Gasteiger partial charge in [-0.25, -0.2) is 4.39 Å². The summed E-state index contributed by atoms with van der Waals surface area (Å²) in [4.78, 5) is 22.6. The molecule has 0 aromatic carbocycles. The number of halogens is 1. The van der Waals surface area contributed by atoms with Crippen LogP contribution in [0.2, 0.25) is 0 Å². The maximum atomic E-state index is 13.2. The van der Waals surface area contributed by atoms with Crippen LogP contribution in [0.25, 0.3) is 0 Å².